The minimum absolute atomic E-state index is 0.0851. The molecule has 1 fully saturated rings. The average molecular weight is 365 g/mol. The Kier molecular flexibility index (Phi) is 5.24. The molecule has 10 heteroatoms. The van der Waals surface area contributed by atoms with Crippen molar-refractivity contribution in [3.63, 3.8) is 0 Å². The lowest BCUT2D eigenvalue weighted by Crippen LogP contribution is -2.54. The highest BCUT2D eigenvalue weighted by atomic mass is 19.1. The highest BCUT2D eigenvalue weighted by Crippen LogP contribution is 2.25. The average Bonchev–Trinajstić information content (AvgIpc) is 3.19. The lowest BCUT2D eigenvalue weighted by Gasteiger charge is -2.31. The van der Waals surface area contributed by atoms with Crippen LogP contribution in [0.4, 0.5) is 14.5 Å². The van der Waals surface area contributed by atoms with E-state index in [1.54, 1.807) is 18.7 Å². The van der Waals surface area contributed by atoms with Crippen LogP contribution in [0.1, 0.15) is 29.4 Å². The zero-order valence-electron chi connectivity index (χ0n) is 13.8. The molecular weight excluding hydrogens is 348 g/mol. The van der Waals surface area contributed by atoms with Gasteiger partial charge in [-0.2, -0.15) is 0 Å². The summed E-state index contributed by atoms with van der Waals surface area (Å²) in [6, 6.07) is 0.940. The Hall–Kier alpha value is -2.85. The maximum atomic E-state index is 14.1. The number of nitrogens with zero attached hydrogens (tertiary/aromatic N) is 2. The zero-order valence-corrected chi connectivity index (χ0v) is 13.8. The molecule has 2 atom stereocenters. The van der Waals surface area contributed by atoms with Gasteiger partial charge in [0.1, 0.15) is 23.2 Å². The third-order valence-electron chi connectivity index (χ3n) is 4.10. The highest BCUT2D eigenvalue weighted by molar-refractivity contribution is 6.03. The van der Waals surface area contributed by atoms with Crippen LogP contribution in [-0.2, 0) is 9.53 Å². The van der Waals surface area contributed by atoms with Crippen molar-refractivity contribution in [2.45, 2.75) is 25.0 Å². The third kappa shape index (κ3) is 3.55. The minimum Gasteiger partial charge on any atom is -0.465 e. The molecule has 0 aliphatic carbocycles. The van der Waals surface area contributed by atoms with Gasteiger partial charge in [0.15, 0.2) is 0 Å². The van der Waals surface area contributed by atoms with E-state index in [-0.39, 0.29) is 6.17 Å². The van der Waals surface area contributed by atoms with E-state index in [4.69, 9.17) is 0 Å². The molecule has 138 valence electrons. The molecule has 3 N–H and O–H groups in total. The van der Waals surface area contributed by atoms with Crippen molar-refractivity contribution in [2.75, 3.05) is 12.4 Å². The number of hydrazine groups is 1. The summed E-state index contributed by atoms with van der Waals surface area (Å²) in [5.41, 5.74) is 4.60. The number of carbonyl (C=O) groups is 2. The van der Waals surface area contributed by atoms with Crippen molar-refractivity contribution in [1.82, 2.24) is 20.4 Å². The molecule has 26 heavy (non-hydrogen) atoms. The molecule has 3 rings (SSSR count). The number of halogens is 2. The number of hydrogen-bond donors (Lipinski definition) is 3. The maximum absolute atomic E-state index is 14.1. The number of carbonyl (C=O) groups excluding carboxylic acids is 2. The molecule has 8 nitrogen and oxygen atoms in total. The number of imidazole rings is 1. The van der Waals surface area contributed by atoms with Gasteiger partial charge in [-0.15, -0.1) is 0 Å². The summed E-state index contributed by atoms with van der Waals surface area (Å²) >= 11 is 0. The van der Waals surface area contributed by atoms with Gasteiger partial charge >= 0.3 is 5.97 Å². The van der Waals surface area contributed by atoms with Crippen LogP contribution >= 0.6 is 0 Å². The first kappa shape index (κ1) is 18.0. The molecule has 1 aromatic carbocycles. The van der Waals surface area contributed by atoms with Crippen LogP contribution in [0, 0.1) is 11.6 Å². The van der Waals surface area contributed by atoms with Crippen LogP contribution in [-0.4, -0.2) is 34.6 Å². The van der Waals surface area contributed by atoms with Gasteiger partial charge in [0, 0.05) is 12.4 Å². The molecule has 2 heterocycles. The first-order valence-corrected chi connectivity index (χ1v) is 7.87. The van der Waals surface area contributed by atoms with Gasteiger partial charge in [0.2, 0.25) is 5.91 Å². The van der Waals surface area contributed by atoms with E-state index in [1.165, 1.54) is 0 Å². The van der Waals surface area contributed by atoms with Crippen molar-refractivity contribution < 1.29 is 23.1 Å². The van der Waals surface area contributed by atoms with Crippen LogP contribution in [0.3, 0.4) is 0 Å². The van der Waals surface area contributed by atoms with E-state index in [2.05, 4.69) is 25.9 Å². The smallest absolute Gasteiger partial charge is 0.343 e. The summed E-state index contributed by atoms with van der Waals surface area (Å²) in [5.74, 6) is -3.59. The van der Waals surface area contributed by atoms with E-state index in [9.17, 15) is 18.4 Å². The normalized spacial score (nSPS) is 19.8. The van der Waals surface area contributed by atoms with Crippen molar-refractivity contribution >= 4 is 17.6 Å². The molecule has 1 aliphatic heterocycles. The van der Waals surface area contributed by atoms with E-state index in [0.717, 1.165) is 19.2 Å². The lowest BCUT2D eigenvalue weighted by molar-refractivity contribution is -0.119. The standard InChI is InChI=1S/C16H17F2N5O3/c1-26-16(25)13-9(17)2-3-10(18)14(13)20-15(24)11-4-5-12(22-21-11)23-7-6-19-8-23/h2-3,6-8,11-12,21-22H,4-5H2,1H3,(H,20,24). The predicted octanol–water partition coefficient (Wildman–Crippen LogP) is 1.34. The number of nitrogens with one attached hydrogen (secondary N) is 3. The molecule has 1 saturated heterocycles. The van der Waals surface area contributed by atoms with Crippen molar-refractivity contribution in [3.05, 3.63) is 48.1 Å². The highest BCUT2D eigenvalue weighted by Gasteiger charge is 2.29. The Morgan fingerprint density at radius 3 is 2.65 bits per heavy atom. The number of ether oxygens (including phenoxy) is 1. The zero-order chi connectivity index (χ0) is 18.7. The summed E-state index contributed by atoms with van der Waals surface area (Å²) < 4.78 is 34.3. The van der Waals surface area contributed by atoms with Crippen LogP contribution in [0.15, 0.2) is 30.9 Å². The number of aromatic nitrogens is 2. The van der Waals surface area contributed by atoms with Crippen LogP contribution in [0.2, 0.25) is 0 Å². The Balaban J connectivity index is 1.71. The fourth-order valence-electron chi connectivity index (χ4n) is 2.73. The Labute approximate surface area is 147 Å². The molecule has 2 unspecified atom stereocenters. The number of anilines is 1. The van der Waals surface area contributed by atoms with E-state index in [0.29, 0.717) is 12.8 Å². The minimum atomic E-state index is -1.08. The second-order valence-electron chi connectivity index (χ2n) is 5.70. The fraction of sp³-hybridized carbons (Fsp3) is 0.312. The molecule has 0 spiro atoms. The summed E-state index contributed by atoms with van der Waals surface area (Å²) in [6.45, 7) is 0. The number of esters is 1. The number of methoxy groups -OCH3 is 1. The van der Waals surface area contributed by atoms with Crippen LogP contribution < -0.4 is 16.2 Å². The van der Waals surface area contributed by atoms with Crippen molar-refractivity contribution in [1.29, 1.82) is 0 Å². The van der Waals surface area contributed by atoms with Gasteiger partial charge in [0.05, 0.1) is 25.3 Å². The first-order chi connectivity index (χ1) is 12.5. The second kappa shape index (κ2) is 7.58. The van der Waals surface area contributed by atoms with Crippen molar-refractivity contribution in [2.24, 2.45) is 0 Å². The summed E-state index contributed by atoms with van der Waals surface area (Å²) in [5, 5.41) is 2.28. The van der Waals surface area contributed by atoms with E-state index >= 15 is 0 Å². The second-order valence-corrected chi connectivity index (χ2v) is 5.70. The largest absolute Gasteiger partial charge is 0.465 e. The molecule has 0 bridgehead atoms. The fourth-order valence-corrected chi connectivity index (χ4v) is 2.73. The van der Waals surface area contributed by atoms with Gasteiger partial charge in [-0.3, -0.25) is 4.79 Å². The maximum Gasteiger partial charge on any atom is 0.343 e. The number of rotatable bonds is 4. The quantitative estimate of drug-likeness (QED) is 0.708. The molecule has 2 aromatic rings. The van der Waals surface area contributed by atoms with Crippen molar-refractivity contribution in [3.8, 4) is 0 Å². The van der Waals surface area contributed by atoms with Gasteiger partial charge in [-0.1, -0.05) is 0 Å². The third-order valence-corrected chi connectivity index (χ3v) is 4.10. The molecule has 1 aliphatic rings. The van der Waals surface area contributed by atoms with Gasteiger partial charge in [0.25, 0.3) is 0 Å². The molecule has 1 amide bonds. The summed E-state index contributed by atoms with van der Waals surface area (Å²) in [4.78, 5) is 28.1. The molecule has 1 aromatic heterocycles. The van der Waals surface area contributed by atoms with E-state index in [1.807, 2.05) is 4.57 Å². The van der Waals surface area contributed by atoms with Gasteiger partial charge < -0.3 is 14.6 Å². The number of benzene rings is 1. The molecule has 0 saturated carbocycles. The summed E-state index contributed by atoms with van der Waals surface area (Å²) in [7, 11) is 1.04. The number of hydrogen-bond acceptors (Lipinski definition) is 6. The topological polar surface area (TPSA) is 97.3 Å². The number of amides is 1. The SMILES string of the molecule is COC(=O)c1c(F)ccc(F)c1NC(=O)C1CCC(n2ccnc2)NN1. The first-order valence-electron chi connectivity index (χ1n) is 7.87. The molecule has 0 radical (unpaired) electrons. The van der Waals surface area contributed by atoms with Gasteiger partial charge in [-0.05, 0) is 25.0 Å². The van der Waals surface area contributed by atoms with Gasteiger partial charge in [-0.25, -0.2) is 29.4 Å². The lowest BCUT2D eigenvalue weighted by atomic mass is 10.1. The molecular formula is C16H17F2N5O3. The van der Waals surface area contributed by atoms with Crippen LogP contribution in [0.25, 0.3) is 0 Å². The predicted molar refractivity (Wildman–Crippen MR) is 86.9 cm³/mol. The Morgan fingerprint density at radius 2 is 2.04 bits per heavy atom. The van der Waals surface area contributed by atoms with Crippen LogP contribution in [0.5, 0.6) is 0 Å². The Morgan fingerprint density at radius 1 is 1.27 bits per heavy atom. The summed E-state index contributed by atoms with van der Waals surface area (Å²) in [6.07, 6.45) is 6.03. The Bertz CT molecular complexity index is 804. The van der Waals surface area contributed by atoms with E-state index < -0.39 is 40.8 Å². The monoisotopic (exact) mass is 365 g/mol.